The van der Waals surface area contributed by atoms with Gasteiger partial charge in [0.15, 0.2) is 0 Å². The van der Waals surface area contributed by atoms with E-state index in [1.165, 1.54) is 12.2 Å². The van der Waals surface area contributed by atoms with E-state index in [9.17, 15) is 18.0 Å². The van der Waals surface area contributed by atoms with Gasteiger partial charge in [-0.05, 0) is 0 Å². The van der Waals surface area contributed by atoms with Crippen molar-refractivity contribution in [2.75, 3.05) is 27.2 Å². The molecule has 1 fully saturated rings. The fourth-order valence-electron chi connectivity index (χ4n) is 1.04. The summed E-state index contributed by atoms with van der Waals surface area (Å²) in [6.07, 6.45) is -4.95. The zero-order valence-corrected chi connectivity index (χ0v) is 8.24. The summed E-state index contributed by atoms with van der Waals surface area (Å²) in [5.74, 6) is -2.19. The molecule has 8 heteroatoms. The van der Waals surface area contributed by atoms with E-state index in [1.807, 2.05) is 0 Å². The molecule has 1 heterocycles. The van der Waals surface area contributed by atoms with Crippen LogP contribution in [0.3, 0.4) is 0 Å². The van der Waals surface area contributed by atoms with Gasteiger partial charge in [0, 0.05) is 7.05 Å². The summed E-state index contributed by atoms with van der Waals surface area (Å²) in [5, 5.41) is 2.42. The first-order valence-electron chi connectivity index (χ1n) is 4.15. The van der Waals surface area contributed by atoms with E-state index in [0.717, 1.165) is 5.06 Å². The molecule has 1 aliphatic rings. The maximum Gasteiger partial charge on any atom is 0.492 e. The minimum atomic E-state index is -4.95. The lowest BCUT2D eigenvalue weighted by atomic mass is 10.2. The van der Waals surface area contributed by atoms with Crippen molar-refractivity contribution in [2.24, 2.45) is 0 Å². The van der Waals surface area contributed by atoms with Gasteiger partial charge in [-0.3, -0.25) is 0 Å². The van der Waals surface area contributed by atoms with Gasteiger partial charge < -0.3 is 9.68 Å². The summed E-state index contributed by atoms with van der Waals surface area (Å²) in [6, 6.07) is -0.0592. The monoisotopic (exact) mass is 228 g/mol. The van der Waals surface area contributed by atoms with Crippen LogP contribution in [0.2, 0.25) is 0 Å². The molecule has 15 heavy (non-hydrogen) atoms. The predicted octanol–water partition coefficient (Wildman–Crippen LogP) is 0.184. The first kappa shape index (κ1) is 12.2. The Labute approximate surface area is 84.2 Å². The number of hydrogen-bond donors (Lipinski definition) is 0. The third-order valence-corrected chi connectivity index (χ3v) is 2.07. The van der Waals surface area contributed by atoms with Gasteiger partial charge in [0.05, 0.1) is 26.2 Å². The number of alkyl halides is 3. The molecule has 0 aromatic heterocycles. The van der Waals surface area contributed by atoms with E-state index in [4.69, 9.17) is 4.84 Å². The van der Waals surface area contributed by atoms with E-state index >= 15 is 0 Å². The van der Waals surface area contributed by atoms with Gasteiger partial charge in [0.2, 0.25) is 0 Å². The van der Waals surface area contributed by atoms with Crippen LogP contribution in [0.4, 0.5) is 13.2 Å². The molecular weight excluding hydrogens is 217 g/mol. The molecule has 0 unspecified atom stereocenters. The zero-order chi connectivity index (χ0) is 11.6. The number of carbonyl (C=O) groups excluding carboxylic acids is 1. The van der Waals surface area contributed by atoms with Crippen molar-refractivity contribution < 1.29 is 27.6 Å². The smallest absolute Gasteiger partial charge is 0.361 e. The average molecular weight is 228 g/mol. The van der Waals surface area contributed by atoms with Crippen molar-refractivity contribution in [3.05, 3.63) is 0 Å². The van der Waals surface area contributed by atoms with E-state index in [2.05, 4.69) is 4.84 Å². The van der Waals surface area contributed by atoms with Crippen LogP contribution in [0.1, 0.15) is 0 Å². The van der Waals surface area contributed by atoms with Crippen LogP contribution >= 0.6 is 0 Å². The molecule has 5 nitrogen and oxygen atoms in total. The summed E-state index contributed by atoms with van der Waals surface area (Å²) in [6.45, 7) is 0.401. The molecule has 0 spiro atoms. The van der Waals surface area contributed by atoms with Crippen LogP contribution in [-0.2, 0) is 14.5 Å². The number of hydroxylamine groups is 4. The van der Waals surface area contributed by atoms with Crippen LogP contribution in [0, 0.1) is 0 Å². The van der Waals surface area contributed by atoms with E-state index < -0.39 is 12.1 Å². The molecule has 0 bridgehead atoms. The normalized spacial score (nSPS) is 19.1. The lowest BCUT2D eigenvalue weighted by molar-refractivity contribution is -0.278. The van der Waals surface area contributed by atoms with Crippen molar-refractivity contribution in [3.8, 4) is 0 Å². The van der Waals surface area contributed by atoms with Crippen molar-refractivity contribution >= 4 is 5.97 Å². The second-order valence-corrected chi connectivity index (χ2v) is 3.11. The van der Waals surface area contributed by atoms with Crippen LogP contribution in [0.15, 0.2) is 0 Å². The van der Waals surface area contributed by atoms with Crippen molar-refractivity contribution in [3.63, 3.8) is 0 Å². The van der Waals surface area contributed by atoms with E-state index in [-0.39, 0.29) is 19.1 Å². The Morgan fingerprint density at radius 1 is 1.47 bits per heavy atom. The summed E-state index contributed by atoms with van der Waals surface area (Å²) < 4.78 is 35.3. The maximum absolute atomic E-state index is 11.8. The largest absolute Gasteiger partial charge is 0.492 e. The Kier molecular flexibility index (Phi) is 3.53. The van der Waals surface area contributed by atoms with Crippen molar-refractivity contribution in [1.29, 1.82) is 0 Å². The highest BCUT2D eigenvalue weighted by Gasteiger charge is 2.44. The van der Waals surface area contributed by atoms with Gasteiger partial charge in [0.1, 0.15) is 0 Å². The zero-order valence-electron chi connectivity index (χ0n) is 8.24. The van der Waals surface area contributed by atoms with Crippen LogP contribution in [0.25, 0.3) is 0 Å². The number of likely N-dealkylation sites (N-methyl/N-ethyl adjacent to an activating group) is 1. The van der Waals surface area contributed by atoms with Crippen LogP contribution in [-0.4, -0.2) is 55.6 Å². The summed E-state index contributed by atoms with van der Waals surface area (Å²) in [4.78, 5) is 19.3. The van der Waals surface area contributed by atoms with E-state index in [1.54, 1.807) is 7.05 Å². The van der Waals surface area contributed by atoms with Crippen LogP contribution < -0.4 is 0 Å². The molecule has 0 amide bonds. The van der Waals surface area contributed by atoms with Gasteiger partial charge in [-0.1, -0.05) is 0 Å². The number of hydrogen-bond acceptors (Lipinski definition) is 5. The van der Waals surface area contributed by atoms with Crippen LogP contribution in [0.5, 0.6) is 0 Å². The Bertz CT molecular complexity index is 240. The van der Waals surface area contributed by atoms with Gasteiger partial charge in [-0.15, -0.1) is 5.06 Å². The third kappa shape index (κ3) is 3.05. The molecule has 0 N–H and O–H groups in total. The Morgan fingerprint density at radius 2 is 2.00 bits per heavy atom. The molecule has 0 atom stereocenters. The maximum atomic E-state index is 11.8. The Hall–Kier alpha value is -0.860. The molecule has 1 saturated heterocycles. The summed E-state index contributed by atoms with van der Waals surface area (Å²) in [7, 11) is 3.10. The fraction of sp³-hybridized carbons (Fsp3) is 0.857. The number of nitrogens with zero attached hydrogens (tertiary/aromatic N) is 2. The first-order chi connectivity index (χ1) is 6.84. The highest BCUT2D eigenvalue weighted by Crippen LogP contribution is 2.20. The lowest BCUT2D eigenvalue weighted by Gasteiger charge is -2.40. The Balaban J connectivity index is 2.26. The lowest BCUT2D eigenvalue weighted by Crippen LogP contribution is -2.58. The first-order valence-corrected chi connectivity index (χ1v) is 4.15. The molecule has 1 rings (SSSR count). The second kappa shape index (κ2) is 4.33. The highest BCUT2D eigenvalue weighted by molar-refractivity contribution is 5.75. The standard InChI is InChI=1S/C7H11F3N2O3/c1-11(14-2)5-3-12(4-5)15-6(13)7(8,9)10/h5H,3-4H2,1-2H3. The van der Waals surface area contributed by atoms with Gasteiger partial charge in [0.25, 0.3) is 0 Å². The van der Waals surface area contributed by atoms with Gasteiger partial charge in [-0.2, -0.15) is 18.2 Å². The fourth-order valence-corrected chi connectivity index (χ4v) is 1.04. The van der Waals surface area contributed by atoms with E-state index in [0.29, 0.717) is 0 Å². The molecule has 1 aliphatic heterocycles. The summed E-state index contributed by atoms with van der Waals surface area (Å²) in [5.41, 5.74) is 0. The van der Waals surface area contributed by atoms with Crippen molar-refractivity contribution in [1.82, 2.24) is 10.1 Å². The molecule has 0 radical (unpaired) electrons. The van der Waals surface area contributed by atoms with Crippen molar-refractivity contribution in [2.45, 2.75) is 12.2 Å². The third-order valence-electron chi connectivity index (χ3n) is 2.07. The average Bonchev–Trinajstić information content (AvgIpc) is 2.07. The molecule has 88 valence electrons. The number of halogens is 3. The molecule has 0 aromatic rings. The topological polar surface area (TPSA) is 42.0 Å². The molecular formula is C7H11F3N2O3. The number of carbonyl (C=O) groups is 1. The van der Waals surface area contributed by atoms with Gasteiger partial charge >= 0.3 is 12.1 Å². The Morgan fingerprint density at radius 3 is 2.40 bits per heavy atom. The molecule has 0 aliphatic carbocycles. The molecule has 0 saturated carbocycles. The SMILES string of the molecule is CON(C)C1CN(OC(=O)C(F)(F)F)C1. The highest BCUT2D eigenvalue weighted by atomic mass is 19.4. The minimum absolute atomic E-state index is 0.0592. The predicted molar refractivity (Wildman–Crippen MR) is 42.3 cm³/mol. The number of rotatable bonds is 3. The van der Waals surface area contributed by atoms with Gasteiger partial charge in [-0.25, -0.2) is 4.79 Å². The summed E-state index contributed by atoms with van der Waals surface area (Å²) >= 11 is 0. The quantitative estimate of drug-likeness (QED) is 0.645. The minimum Gasteiger partial charge on any atom is -0.361 e. The molecule has 0 aromatic carbocycles. The second-order valence-electron chi connectivity index (χ2n) is 3.11.